The molecule has 0 unspecified atom stereocenters. The molecule has 0 bridgehead atoms. The van der Waals surface area contributed by atoms with Gasteiger partial charge in [0.2, 0.25) is 0 Å². The number of ether oxygens (including phenoxy) is 1. The van der Waals surface area contributed by atoms with Crippen molar-refractivity contribution in [3.8, 4) is 0 Å². The maximum Gasteiger partial charge on any atom is 0.426 e. The largest absolute Gasteiger partial charge is 0.744 e. The predicted octanol–water partition coefficient (Wildman–Crippen LogP) is 3.71. The van der Waals surface area contributed by atoms with Gasteiger partial charge in [0.1, 0.15) is 10.1 Å². The third-order valence-corrected chi connectivity index (χ3v) is 5.41. The van der Waals surface area contributed by atoms with Crippen LogP contribution in [0.5, 0.6) is 0 Å². The van der Waals surface area contributed by atoms with E-state index in [0.717, 1.165) is 12.1 Å². The van der Waals surface area contributed by atoms with Crippen LogP contribution in [0.3, 0.4) is 0 Å². The Hall–Kier alpha value is -2.69. The number of benzene rings is 2. The molecule has 2 aromatic carbocycles. The van der Waals surface area contributed by atoms with Crippen LogP contribution in [0.1, 0.15) is 16.8 Å². The van der Waals surface area contributed by atoms with Crippen molar-refractivity contribution in [1.29, 1.82) is 0 Å². The molecule has 0 amide bonds. The first-order chi connectivity index (χ1) is 14.8. The van der Waals surface area contributed by atoms with Gasteiger partial charge < -0.3 is 14.4 Å². The summed E-state index contributed by atoms with van der Waals surface area (Å²) in [5, 5.41) is 18.8. The van der Waals surface area contributed by atoms with Crippen molar-refractivity contribution in [3.63, 3.8) is 0 Å². The smallest absolute Gasteiger partial charge is 0.426 e. The van der Waals surface area contributed by atoms with Gasteiger partial charge in [-0.1, -0.05) is 11.6 Å². The lowest BCUT2D eigenvalue weighted by Crippen LogP contribution is -2.57. The van der Waals surface area contributed by atoms with Crippen LogP contribution in [0.25, 0.3) is 10.8 Å². The Kier molecular flexibility index (Phi) is 6.91. The molecule has 33 heavy (non-hydrogen) atoms. The van der Waals surface area contributed by atoms with Gasteiger partial charge in [-0.15, -0.1) is 0 Å². The number of alkyl halides is 6. The molecule has 0 aliphatic heterocycles. The molecule has 9 nitrogen and oxygen atoms in total. The number of fused-ring (bicyclic) bond motifs is 1. The van der Waals surface area contributed by atoms with Crippen LogP contribution in [0.4, 0.5) is 32.0 Å². The fourth-order valence-corrected chi connectivity index (χ4v) is 3.59. The van der Waals surface area contributed by atoms with Crippen LogP contribution < -0.4 is 0 Å². The molecule has 0 atom stereocenters. The van der Waals surface area contributed by atoms with E-state index in [0.29, 0.717) is 12.1 Å². The highest BCUT2D eigenvalue weighted by atomic mass is 35.5. The number of rotatable bonds is 6. The highest BCUT2D eigenvalue weighted by molar-refractivity contribution is 7.86. The second kappa shape index (κ2) is 8.58. The number of nitro benzene ring substituents is 1. The molecule has 17 heteroatoms. The number of carbonyl (C=O) groups is 1. The normalized spacial score (nSPS) is 13.2. The van der Waals surface area contributed by atoms with Gasteiger partial charge in [0.05, 0.1) is 27.4 Å². The Morgan fingerprint density at radius 2 is 1.61 bits per heavy atom. The van der Waals surface area contributed by atoms with Crippen molar-refractivity contribution in [2.75, 3.05) is 6.61 Å². The van der Waals surface area contributed by atoms with Gasteiger partial charge in [0, 0.05) is 22.9 Å². The summed E-state index contributed by atoms with van der Waals surface area (Å²) in [5.41, 5.74) is -6.99. The molecular formula is C16H9ClF6NO8S-. The Labute approximate surface area is 184 Å². The summed E-state index contributed by atoms with van der Waals surface area (Å²) in [6.45, 7) is -1.64. The van der Waals surface area contributed by atoms with E-state index in [9.17, 15) is 54.2 Å². The monoisotopic (exact) mass is 524 g/mol. The molecule has 0 saturated carbocycles. The van der Waals surface area contributed by atoms with E-state index < -0.39 is 78.9 Å². The first-order valence-electron chi connectivity index (χ1n) is 8.20. The van der Waals surface area contributed by atoms with E-state index in [-0.39, 0.29) is 5.02 Å². The number of carbonyl (C=O) groups excluding carboxylic acids is 1. The molecule has 182 valence electrons. The van der Waals surface area contributed by atoms with Gasteiger partial charge >= 0.3 is 18.3 Å². The zero-order valence-electron chi connectivity index (χ0n) is 15.5. The molecule has 0 aromatic heterocycles. The summed E-state index contributed by atoms with van der Waals surface area (Å²) in [6, 6.07) is 2.61. The molecule has 0 fully saturated rings. The van der Waals surface area contributed by atoms with Gasteiger partial charge in [-0.3, -0.25) is 10.1 Å². The molecule has 1 N–H and O–H groups in total. The van der Waals surface area contributed by atoms with Crippen molar-refractivity contribution < 1.29 is 58.9 Å². The van der Waals surface area contributed by atoms with Crippen LogP contribution >= 0.6 is 11.6 Å². The predicted molar refractivity (Wildman–Crippen MR) is 95.5 cm³/mol. The number of esters is 1. The Balaban J connectivity index is 2.49. The second-order valence-electron chi connectivity index (χ2n) is 6.45. The molecule has 0 aliphatic carbocycles. The van der Waals surface area contributed by atoms with Crippen molar-refractivity contribution in [2.45, 2.75) is 29.3 Å². The van der Waals surface area contributed by atoms with E-state index >= 15 is 0 Å². The highest BCUT2D eigenvalue weighted by Gasteiger charge is 2.70. The number of hydrogen-bond donors (Lipinski definition) is 1. The third-order valence-electron chi connectivity index (χ3n) is 4.31. The van der Waals surface area contributed by atoms with Gasteiger partial charge in [0.15, 0.2) is 0 Å². The van der Waals surface area contributed by atoms with E-state index in [2.05, 4.69) is 4.74 Å². The van der Waals surface area contributed by atoms with Crippen molar-refractivity contribution >= 4 is 44.1 Å². The summed E-state index contributed by atoms with van der Waals surface area (Å²) in [5.74, 6) is -1.72. The summed E-state index contributed by atoms with van der Waals surface area (Å²) in [4.78, 5) is 21.2. The molecule has 0 saturated heterocycles. The van der Waals surface area contributed by atoms with E-state index in [1.165, 1.54) is 0 Å². The maximum absolute atomic E-state index is 12.7. The zero-order chi connectivity index (χ0) is 25.6. The van der Waals surface area contributed by atoms with Crippen LogP contribution in [0, 0.1) is 10.1 Å². The van der Waals surface area contributed by atoms with Crippen molar-refractivity contribution in [2.24, 2.45) is 0 Å². The van der Waals surface area contributed by atoms with Gasteiger partial charge in [-0.05, 0) is 18.2 Å². The first-order valence-corrected chi connectivity index (χ1v) is 9.99. The maximum atomic E-state index is 12.7. The van der Waals surface area contributed by atoms with Gasteiger partial charge in [-0.2, -0.15) is 26.3 Å². The van der Waals surface area contributed by atoms with Crippen molar-refractivity contribution in [1.82, 2.24) is 0 Å². The van der Waals surface area contributed by atoms with Crippen LogP contribution in [-0.4, -0.2) is 53.5 Å². The number of non-ortho nitro benzene ring substituents is 1. The lowest BCUT2D eigenvalue weighted by molar-refractivity contribution is -0.383. The number of halogens is 7. The minimum absolute atomic E-state index is 0.354. The van der Waals surface area contributed by atoms with E-state index in [1.807, 2.05) is 0 Å². The minimum Gasteiger partial charge on any atom is -0.744 e. The number of nitro groups is 1. The molecule has 0 radical (unpaired) electrons. The summed E-state index contributed by atoms with van der Waals surface area (Å²) >= 11 is 5.68. The Morgan fingerprint density at radius 1 is 1.06 bits per heavy atom. The summed E-state index contributed by atoms with van der Waals surface area (Å²) < 4.78 is 115. The summed E-state index contributed by atoms with van der Waals surface area (Å²) in [6.07, 6.45) is -14.5. The number of hydrogen-bond acceptors (Lipinski definition) is 8. The van der Waals surface area contributed by atoms with Gasteiger partial charge in [0.25, 0.3) is 11.3 Å². The van der Waals surface area contributed by atoms with E-state index in [1.54, 1.807) is 0 Å². The van der Waals surface area contributed by atoms with Crippen molar-refractivity contribution in [3.05, 3.63) is 45.0 Å². The summed E-state index contributed by atoms with van der Waals surface area (Å²) in [7, 11) is -5.40. The Morgan fingerprint density at radius 3 is 2.06 bits per heavy atom. The fraction of sp³-hybridized carbons (Fsp3) is 0.312. The lowest BCUT2D eigenvalue weighted by Gasteiger charge is -2.32. The standard InChI is InChI=1S/C16H10ClF6NO8S/c17-8-5-10-9(11(6-8)24(27)28)3-7(4-12(10)33(29,30)31)13(25)32-2-1-14(26,15(18,19)20)16(21,22)23/h3-6,26H,1-2H2,(H,29,30,31)/p-1. The van der Waals surface area contributed by atoms with Crippen LogP contribution in [-0.2, 0) is 14.9 Å². The van der Waals surface area contributed by atoms with Gasteiger partial charge in [-0.25, -0.2) is 13.2 Å². The number of aliphatic hydroxyl groups is 1. The minimum atomic E-state index is -6.18. The fourth-order valence-electron chi connectivity index (χ4n) is 2.67. The molecule has 0 spiro atoms. The molecular weight excluding hydrogens is 516 g/mol. The highest BCUT2D eigenvalue weighted by Crippen LogP contribution is 2.45. The van der Waals surface area contributed by atoms with Crippen LogP contribution in [0.2, 0.25) is 5.02 Å². The Bertz CT molecular complexity index is 1210. The molecule has 0 aliphatic rings. The lowest BCUT2D eigenvalue weighted by atomic mass is 9.99. The van der Waals surface area contributed by atoms with E-state index in [4.69, 9.17) is 16.7 Å². The average Bonchev–Trinajstić information content (AvgIpc) is 2.63. The topological polar surface area (TPSA) is 147 Å². The second-order valence-corrected chi connectivity index (χ2v) is 8.23. The SMILES string of the molecule is O=C(OCCC(O)(C(F)(F)F)C(F)(F)F)c1cc(S(=O)(=O)[O-])c2cc(Cl)cc([N+](=O)[O-])c2c1. The molecule has 2 rings (SSSR count). The quantitative estimate of drug-likeness (QED) is 0.198. The molecule has 0 heterocycles. The third kappa shape index (κ3) is 5.29. The number of nitrogens with zero attached hydrogens (tertiary/aromatic N) is 1. The molecule has 2 aromatic rings. The van der Waals surface area contributed by atoms with Crippen LogP contribution in [0.15, 0.2) is 29.2 Å². The first kappa shape index (κ1) is 26.6. The average molecular weight is 525 g/mol. The zero-order valence-corrected chi connectivity index (χ0v) is 17.1.